The number of esters is 1. The Kier molecular flexibility index (Phi) is 4.57. The highest BCUT2D eigenvalue weighted by Crippen LogP contribution is 2.25. The molecule has 0 atom stereocenters. The van der Waals surface area contributed by atoms with E-state index in [1.807, 2.05) is 0 Å². The van der Waals surface area contributed by atoms with Crippen LogP contribution in [0, 0.1) is 0 Å². The summed E-state index contributed by atoms with van der Waals surface area (Å²) in [6.45, 7) is 2.24. The second kappa shape index (κ2) is 6.39. The Labute approximate surface area is 123 Å². The third kappa shape index (κ3) is 3.21. The van der Waals surface area contributed by atoms with Crippen molar-refractivity contribution in [1.82, 2.24) is 4.90 Å². The molecular formula is C15H18N2O4. The molecule has 0 N–H and O–H groups in total. The molecule has 0 bridgehead atoms. The Morgan fingerprint density at radius 1 is 1.29 bits per heavy atom. The molecule has 0 saturated carbocycles. The lowest BCUT2D eigenvalue weighted by atomic mass is 10.1. The van der Waals surface area contributed by atoms with Crippen molar-refractivity contribution in [2.75, 3.05) is 31.6 Å². The lowest BCUT2D eigenvalue weighted by molar-refractivity contribution is -0.142. The molecule has 0 saturated heterocycles. The molecule has 1 heterocycles. The first-order valence-electron chi connectivity index (χ1n) is 6.85. The van der Waals surface area contributed by atoms with Gasteiger partial charge < -0.3 is 14.5 Å². The predicted octanol–water partition coefficient (Wildman–Crippen LogP) is 1.06. The number of carbonyl (C=O) groups excluding carboxylic acids is 3. The summed E-state index contributed by atoms with van der Waals surface area (Å²) in [6.07, 6.45) is 0.103. The molecule has 0 aromatic heterocycles. The molecular weight excluding hydrogens is 272 g/mol. The lowest BCUT2D eigenvalue weighted by Crippen LogP contribution is -2.38. The van der Waals surface area contributed by atoms with Gasteiger partial charge in [-0.05, 0) is 19.1 Å². The van der Waals surface area contributed by atoms with Gasteiger partial charge in [0.05, 0.1) is 24.3 Å². The number of rotatable bonds is 4. The van der Waals surface area contributed by atoms with Gasteiger partial charge in [-0.1, -0.05) is 12.1 Å². The number of ether oxygens (including phenoxy) is 1. The van der Waals surface area contributed by atoms with Crippen molar-refractivity contribution < 1.29 is 19.1 Å². The quantitative estimate of drug-likeness (QED) is 0.778. The van der Waals surface area contributed by atoms with Crippen LogP contribution in [-0.4, -0.2) is 49.4 Å². The number of likely N-dealkylation sites (N-methyl/N-ethyl adjacent to an activating group) is 1. The fourth-order valence-electron chi connectivity index (χ4n) is 2.27. The third-order valence-corrected chi connectivity index (χ3v) is 3.29. The van der Waals surface area contributed by atoms with E-state index in [2.05, 4.69) is 0 Å². The number of para-hydroxylation sites is 1. The second-order valence-corrected chi connectivity index (χ2v) is 4.78. The average molecular weight is 290 g/mol. The molecule has 1 aliphatic rings. The van der Waals surface area contributed by atoms with Gasteiger partial charge in [0.15, 0.2) is 0 Å². The standard InChI is InChI=1S/C15H18N2O4/c1-3-21-14(19)8-9-17-12-7-5-4-6-11(12)15(20)16(2)10-13(17)18/h4-7H,3,8-10H2,1-2H3. The molecule has 1 aromatic rings. The summed E-state index contributed by atoms with van der Waals surface area (Å²) >= 11 is 0. The van der Waals surface area contributed by atoms with Crippen molar-refractivity contribution in [3.05, 3.63) is 29.8 Å². The minimum absolute atomic E-state index is 0.00363. The number of hydrogen-bond acceptors (Lipinski definition) is 4. The van der Waals surface area contributed by atoms with E-state index in [1.165, 1.54) is 9.80 Å². The van der Waals surface area contributed by atoms with Gasteiger partial charge in [-0.25, -0.2) is 0 Å². The van der Waals surface area contributed by atoms with E-state index in [9.17, 15) is 14.4 Å². The van der Waals surface area contributed by atoms with Crippen LogP contribution in [0.15, 0.2) is 24.3 Å². The minimum atomic E-state index is -0.355. The van der Waals surface area contributed by atoms with Gasteiger partial charge in [-0.3, -0.25) is 14.4 Å². The van der Waals surface area contributed by atoms with Crippen LogP contribution in [0.3, 0.4) is 0 Å². The molecule has 2 rings (SSSR count). The minimum Gasteiger partial charge on any atom is -0.466 e. The highest BCUT2D eigenvalue weighted by molar-refractivity contribution is 6.09. The molecule has 0 spiro atoms. The van der Waals surface area contributed by atoms with Crippen LogP contribution in [-0.2, 0) is 14.3 Å². The monoisotopic (exact) mass is 290 g/mol. The molecule has 0 fully saturated rings. The van der Waals surface area contributed by atoms with Gasteiger partial charge >= 0.3 is 5.97 Å². The molecule has 2 amide bonds. The summed E-state index contributed by atoms with van der Waals surface area (Å²) < 4.78 is 4.88. The predicted molar refractivity (Wildman–Crippen MR) is 77.0 cm³/mol. The normalized spacial score (nSPS) is 14.8. The fraction of sp³-hybridized carbons (Fsp3) is 0.400. The summed E-state index contributed by atoms with van der Waals surface area (Å²) in [7, 11) is 1.59. The third-order valence-electron chi connectivity index (χ3n) is 3.29. The fourth-order valence-corrected chi connectivity index (χ4v) is 2.27. The van der Waals surface area contributed by atoms with Crippen molar-refractivity contribution in [1.29, 1.82) is 0 Å². The number of anilines is 1. The van der Waals surface area contributed by atoms with Crippen molar-refractivity contribution in [2.45, 2.75) is 13.3 Å². The molecule has 0 unspecified atom stereocenters. The van der Waals surface area contributed by atoms with Crippen LogP contribution in [0.1, 0.15) is 23.7 Å². The maximum atomic E-state index is 12.3. The van der Waals surface area contributed by atoms with Crippen LogP contribution in [0.2, 0.25) is 0 Å². The van der Waals surface area contributed by atoms with Gasteiger partial charge in [0.25, 0.3) is 5.91 Å². The van der Waals surface area contributed by atoms with Crippen LogP contribution in [0.25, 0.3) is 0 Å². The first-order valence-corrected chi connectivity index (χ1v) is 6.85. The van der Waals surface area contributed by atoms with Crippen molar-refractivity contribution in [3.8, 4) is 0 Å². The Bertz CT molecular complexity index is 571. The van der Waals surface area contributed by atoms with Gasteiger partial charge in [0, 0.05) is 13.6 Å². The number of amides is 2. The van der Waals surface area contributed by atoms with E-state index in [-0.39, 0.29) is 37.3 Å². The zero-order valence-corrected chi connectivity index (χ0v) is 12.2. The Balaban J connectivity index is 2.27. The zero-order chi connectivity index (χ0) is 15.4. The van der Waals surface area contributed by atoms with Crippen molar-refractivity contribution in [3.63, 3.8) is 0 Å². The summed E-state index contributed by atoms with van der Waals surface area (Å²) in [4.78, 5) is 38.8. The lowest BCUT2D eigenvalue weighted by Gasteiger charge is -2.21. The maximum absolute atomic E-state index is 12.3. The average Bonchev–Trinajstić information content (AvgIpc) is 2.55. The Morgan fingerprint density at radius 3 is 2.71 bits per heavy atom. The van der Waals surface area contributed by atoms with E-state index in [4.69, 9.17) is 4.74 Å². The molecule has 0 radical (unpaired) electrons. The zero-order valence-electron chi connectivity index (χ0n) is 12.2. The van der Waals surface area contributed by atoms with Gasteiger partial charge in [-0.2, -0.15) is 0 Å². The highest BCUT2D eigenvalue weighted by Gasteiger charge is 2.29. The van der Waals surface area contributed by atoms with Gasteiger partial charge in [0.2, 0.25) is 5.91 Å². The van der Waals surface area contributed by atoms with Crippen LogP contribution >= 0.6 is 0 Å². The van der Waals surface area contributed by atoms with Crippen LogP contribution in [0.4, 0.5) is 5.69 Å². The number of nitrogens with zero attached hydrogens (tertiary/aromatic N) is 2. The molecule has 6 nitrogen and oxygen atoms in total. The molecule has 1 aliphatic heterocycles. The maximum Gasteiger partial charge on any atom is 0.307 e. The second-order valence-electron chi connectivity index (χ2n) is 4.78. The van der Waals surface area contributed by atoms with E-state index in [1.54, 1.807) is 38.2 Å². The Morgan fingerprint density at radius 2 is 2.00 bits per heavy atom. The summed E-state index contributed by atoms with van der Waals surface area (Å²) in [5, 5.41) is 0. The summed E-state index contributed by atoms with van der Waals surface area (Å²) in [5.41, 5.74) is 1.01. The van der Waals surface area contributed by atoms with Crippen LogP contribution < -0.4 is 4.90 Å². The smallest absolute Gasteiger partial charge is 0.307 e. The SMILES string of the molecule is CCOC(=O)CCN1C(=O)CN(C)C(=O)c2ccccc21. The largest absolute Gasteiger partial charge is 0.466 e. The summed E-state index contributed by atoms with van der Waals surface area (Å²) in [5.74, 6) is -0.760. The molecule has 21 heavy (non-hydrogen) atoms. The first-order chi connectivity index (χ1) is 10.0. The van der Waals surface area contributed by atoms with Gasteiger partial charge in [-0.15, -0.1) is 0 Å². The van der Waals surface area contributed by atoms with E-state index in [0.717, 1.165) is 0 Å². The summed E-state index contributed by atoms with van der Waals surface area (Å²) in [6, 6.07) is 6.92. The molecule has 6 heteroatoms. The number of benzene rings is 1. The Hall–Kier alpha value is -2.37. The number of carbonyl (C=O) groups is 3. The highest BCUT2D eigenvalue weighted by atomic mass is 16.5. The van der Waals surface area contributed by atoms with Crippen molar-refractivity contribution in [2.24, 2.45) is 0 Å². The molecule has 1 aromatic carbocycles. The van der Waals surface area contributed by atoms with E-state index < -0.39 is 0 Å². The number of fused-ring (bicyclic) bond motifs is 1. The van der Waals surface area contributed by atoms with E-state index >= 15 is 0 Å². The van der Waals surface area contributed by atoms with Crippen molar-refractivity contribution >= 4 is 23.5 Å². The van der Waals surface area contributed by atoms with E-state index in [0.29, 0.717) is 17.9 Å². The topological polar surface area (TPSA) is 66.9 Å². The number of hydrogen-bond donors (Lipinski definition) is 0. The van der Waals surface area contributed by atoms with Gasteiger partial charge in [0.1, 0.15) is 6.54 Å². The molecule has 112 valence electrons. The first kappa shape index (κ1) is 15.0. The molecule has 0 aliphatic carbocycles. The van der Waals surface area contributed by atoms with Crippen LogP contribution in [0.5, 0.6) is 0 Å².